The first kappa shape index (κ1) is 21.9. The van der Waals surface area contributed by atoms with Gasteiger partial charge in [0.05, 0.1) is 17.6 Å². The molecule has 0 unspecified atom stereocenters. The van der Waals surface area contributed by atoms with Gasteiger partial charge < -0.3 is 25.5 Å². The number of pyridine rings is 1. The molecular weight excluding hydrogens is 426 g/mol. The van der Waals surface area contributed by atoms with Gasteiger partial charge in [-0.3, -0.25) is 10.1 Å². The molecule has 0 aliphatic carbocycles. The highest BCUT2D eigenvalue weighted by molar-refractivity contribution is 6.30. The second-order valence-corrected chi connectivity index (χ2v) is 7.05. The Balaban J connectivity index is 1.69. The van der Waals surface area contributed by atoms with E-state index < -0.39 is 10.9 Å². The molecule has 4 N–H and O–H groups in total. The van der Waals surface area contributed by atoms with Crippen molar-refractivity contribution in [2.75, 3.05) is 24.7 Å². The number of halogens is 1. The third kappa shape index (κ3) is 5.04. The average molecular weight is 446 g/mol. The average Bonchev–Trinajstić information content (AvgIpc) is 3.15. The Bertz CT molecular complexity index is 1130. The summed E-state index contributed by atoms with van der Waals surface area (Å²) in [5, 5.41) is 23.9. The predicted molar refractivity (Wildman–Crippen MR) is 117 cm³/mol. The minimum absolute atomic E-state index is 0.151. The third-order valence-corrected chi connectivity index (χ3v) is 4.80. The first-order valence-electron chi connectivity index (χ1n) is 9.22. The standard InChI is InChI=1S/C20H20ClN5O5/c1-31-17-9-12(21)3-4-13(17)14-10-25(11-15(14)20(27)28)8-2-7-23-18-6-5-16(26(29)30)19(22)24-18/h3-6,9-11H,2,7-8H2,1H3,(H,27,28)(H3,22,23,24). The summed E-state index contributed by atoms with van der Waals surface area (Å²) >= 11 is 6.00. The number of anilines is 2. The van der Waals surface area contributed by atoms with Crippen molar-refractivity contribution in [3.05, 3.63) is 63.4 Å². The lowest BCUT2D eigenvalue weighted by molar-refractivity contribution is -0.384. The van der Waals surface area contributed by atoms with Gasteiger partial charge in [-0.25, -0.2) is 9.78 Å². The SMILES string of the molecule is COc1cc(Cl)ccc1-c1cn(CCCNc2ccc([N+](=O)[O-])c(N)n2)cc1C(=O)O. The lowest BCUT2D eigenvalue weighted by Crippen LogP contribution is -2.08. The number of aryl methyl sites for hydroxylation is 1. The van der Waals surface area contributed by atoms with Gasteiger partial charge >= 0.3 is 11.7 Å². The van der Waals surface area contributed by atoms with Crippen LogP contribution >= 0.6 is 11.6 Å². The summed E-state index contributed by atoms with van der Waals surface area (Å²) < 4.78 is 7.13. The lowest BCUT2D eigenvalue weighted by Gasteiger charge is -2.09. The number of nitrogens with two attached hydrogens (primary N) is 1. The first-order chi connectivity index (χ1) is 14.8. The van der Waals surface area contributed by atoms with Gasteiger partial charge in [0.2, 0.25) is 5.82 Å². The number of hydrogen-bond donors (Lipinski definition) is 3. The zero-order chi connectivity index (χ0) is 22.5. The Labute approximate surface area is 182 Å². The van der Waals surface area contributed by atoms with Crippen LogP contribution in [0.2, 0.25) is 5.02 Å². The van der Waals surface area contributed by atoms with E-state index in [9.17, 15) is 20.0 Å². The van der Waals surface area contributed by atoms with E-state index in [-0.39, 0.29) is 17.1 Å². The highest BCUT2D eigenvalue weighted by atomic mass is 35.5. The Morgan fingerprint density at radius 1 is 1.32 bits per heavy atom. The van der Waals surface area contributed by atoms with Gasteiger partial charge in [-0.05, 0) is 30.7 Å². The number of nitrogens with zero attached hydrogens (tertiary/aromatic N) is 3. The predicted octanol–water partition coefficient (Wildman–Crippen LogP) is 3.90. The number of rotatable bonds is 9. The van der Waals surface area contributed by atoms with E-state index in [1.807, 2.05) is 0 Å². The van der Waals surface area contributed by atoms with Crippen molar-refractivity contribution in [3.8, 4) is 16.9 Å². The summed E-state index contributed by atoms with van der Waals surface area (Å²) in [5.74, 6) is -0.299. The summed E-state index contributed by atoms with van der Waals surface area (Å²) in [7, 11) is 1.50. The number of nitro groups is 1. The Kier molecular flexibility index (Phi) is 6.61. The van der Waals surface area contributed by atoms with E-state index in [0.717, 1.165) is 0 Å². The van der Waals surface area contributed by atoms with Crippen molar-refractivity contribution in [1.82, 2.24) is 9.55 Å². The van der Waals surface area contributed by atoms with Crippen LogP contribution in [0, 0.1) is 10.1 Å². The van der Waals surface area contributed by atoms with Crippen molar-refractivity contribution in [2.45, 2.75) is 13.0 Å². The fourth-order valence-corrected chi connectivity index (χ4v) is 3.27. The highest BCUT2D eigenvalue weighted by Crippen LogP contribution is 2.35. The van der Waals surface area contributed by atoms with Crippen molar-refractivity contribution in [3.63, 3.8) is 0 Å². The zero-order valence-corrected chi connectivity index (χ0v) is 17.3. The van der Waals surface area contributed by atoms with E-state index in [0.29, 0.717) is 47.2 Å². The van der Waals surface area contributed by atoms with Crippen LogP contribution in [-0.2, 0) is 6.54 Å². The largest absolute Gasteiger partial charge is 0.496 e. The number of carboxylic acids is 1. The zero-order valence-electron chi connectivity index (χ0n) is 16.5. The number of hydrogen-bond acceptors (Lipinski definition) is 7. The summed E-state index contributed by atoms with van der Waals surface area (Å²) in [6.45, 7) is 1.04. The maximum absolute atomic E-state index is 11.7. The molecule has 0 aliphatic rings. The topological polar surface area (TPSA) is 146 Å². The molecule has 31 heavy (non-hydrogen) atoms. The molecule has 0 saturated heterocycles. The van der Waals surface area contributed by atoms with E-state index in [2.05, 4.69) is 10.3 Å². The molecule has 10 nitrogen and oxygen atoms in total. The van der Waals surface area contributed by atoms with Crippen molar-refractivity contribution in [1.29, 1.82) is 0 Å². The van der Waals surface area contributed by atoms with E-state index >= 15 is 0 Å². The molecule has 1 aromatic carbocycles. The van der Waals surface area contributed by atoms with Gasteiger partial charge in [-0.2, -0.15) is 0 Å². The van der Waals surface area contributed by atoms with Crippen molar-refractivity contribution in [2.24, 2.45) is 0 Å². The second kappa shape index (κ2) is 9.35. The van der Waals surface area contributed by atoms with Crippen LogP contribution in [0.1, 0.15) is 16.8 Å². The van der Waals surface area contributed by atoms with Crippen LogP contribution in [0.15, 0.2) is 42.7 Å². The molecule has 0 radical (unpaired) electrons. The van der Waals surface area contributed by atoms with Gasteiger partial charge in [0, 0.05) is 47.7 Å². The third-order valence-electron chi connectivity index (χ3n) is 4.56. The molecule has 0 saturated carbocycles. The number of aromatic nitrogens is 2. The highest BCUT2D eigenvalue weighted by Gasteiger charge is 2.18. The molecule has 0 aliphatic heterocycles. The number of nitrogen functional groups attached to an aromatic ring is 1. The Morgan fingerprint density at radius 3 is 2.74 bits per heavy atom. The van der Waals surface area contributed by atoms with E-state index in [1.54, 1.807) is 35.2 Å². The molecule has 0 fully saturated rings. The molecule has 162 valence electrons. The smallest absolute Gasteiger partial charge is 0.337 e. The molecular formula is C20H20ClN5O5. The van der Waals surface area contributed by atoms with Crippen molar-refractivity contribution < 1.29 is 19.6 Å². The maximum atomic E-state index is 11.7. The number of nitrogens with one attached hydrogen (secondary N) is 1. The summed E-state index contributed by atoms with van der Waals surface area (Å²) in [6, 6.07) is 7.81. The molecule has 2 heterocycles. The molecule has 3 aromatic rings. The quantitative estimate of drug-likeness (QED) is 0.255. The molecule has 0 spiro atoms. The maximum Gasteiger partial charge on any atom is 0.337 e. The van der Waals surface area contributed by atoms with Crippen LogP contribution in [0.3, 0.4) is 0 Å². The molecule has 3 rings (SSSR count). The monoisotopic (exact) mass is 445 g/mol. The second-order valence-electron chi connectivity index (χ2n) is 6.61. The number of benzene rings is 1. The number of aromatic carboxylic acids is 1. The molecule has 0 atom stereocenters. The van der Waals surface area contributed by atoms with Gasteiger partial charge in [0.15, 0.2) is 0 Å². The fourth-order valence-electron chi connectivity index (χ4n) is 3.11. The number of carbonyl (C=O) groups is 1. The minimum Gasteiger partial charge on any atom is -0.496 e. The number of ether oxygens (including phenoxy) is 1. The molecule has 11 heteroatoms. The number of methoxy groups -OCH3 is 1. The first-order valence-corrected chi connectivity index (χ1v) is 9.59. The van der Waals surface area contributed by atoms with Gasteiger partial charge in [0.25, 0.3) is 0 Å². The van der Waals surface area contributed by atoms with Gasteiger partial charge in [0.1, 0.15) is 11.6 Å². The Hall–Kier alpha value is -3.79. The minimum atomic E-state index is -1.05. The lowest BCUT2D eigenvalue weighted by atomic mass is 10.0. The Morgan fingerprint density at radius 2 is 2.10 bits per heavy atom. The normalized spacial score (nSPS) is 10.6. The van der Waals surface area contributed by atoms with Crippen LogP contribution in [-0.4, -0.2) is 39.2 Å². The van der Waals surface area contributed by atoms with Gasteiger partial charge in [-0.15, -0.1) is 0 Å². The van der Waals surface area contributed by atoms with E-state index in [1.165, 1.54) is 19.2 Å². The molecule has 2 aromatic heterocycles. The van der Waals surface area contributed by atoms with Gasteiger partial charge in [-0.1, -0.05) is 11.6 Å². The summed E-state index contributed by atoms with van der Waals surface area (Å²) in [4.78, 5) is 25.9. The van der Waals surface area contributed by atoms with Crippen LogP contribution in [0.25, 0.3) is 11.1 Å². The summed E-state index contributed by atoms with van der Waals surface area (Å²) in [6.07, 6.45) is 3.95. The van der Waals surface area contributed by atoms with Crippen LogP contribution in [0.4, 0.5) is 17.3 Å². The van der Waals surface area contributed by atoms with Crippen LogP contribution in [0.5, 0.6) is 5.75 Å². The number of carboxylic acid groups (broad SMARTS) is 1. The van der Waals surface area contributed by atoms with Crippen LogP contribution < -0.4 is 15.8 Å². The van der Waals surface area contributed by atoms with Crippen molar-refractivity contribution >= 4 is 34.9 Å². The summed E-state index contributed by atoms with van der Waals surface area (Å²) in [5.41, 5.74) is 6.65. The fraction of sp³-hybridized carbons (Fsp3) is 0.200. The molecule has 0 bridgehead atoms. The van der Waals surface area contributed by atoms with E-state index in [4.69, 9.17) is 22.1 Å². The molecule has 0 amide bonds.